The van der Waals surface area contributed by atoms with Crippen LogP contribution in [0.4, 0.5) is 5.69 Å². The molecule has 0 saturated heterocycles. The topological polar surface area (TPSA) is 86.7 Å². The van der Waals surface area contributed by atoms with Crippen LogP contribution in [0.25, 0.3) is 0 Å². The van der Waals surface area contributed by atoms with Crippen LogP contribution in [0, 0.1) is 0 Å². The molecule has 0 unspecified atom stereocenters. The van der Waals surface area contributed by atoms with E-state index in [0.29, 0.717) is 25.1 Å². The fourth-order valence-corrected chi connectivity index (χ4v) is 2.69. The van der Waals surface area contributed by atoms with Gasteiger partial charge in [-0.3, -0.25) is 14.4 Å². The predicted octanol–water partition coefficient (Wildman–Crippen LogP) is 2.73. The van der Waals surface area contributed by atoms with E-state index in [4.69, 9.17) is 5.11 Å². The Morgan fingerprint density at radius 3 is 2.33 bits per heavy atom. The van der Waals surface area contributed by atoms with Gasteiger partial charge in [0.25, 0.3) is 0 Å². The standard InChI is InChI=1S/C21H24N2O4/c1-16(24)23(13-12-17-6-3-2-4-7-17)15-20(25)22-19-9-5-8-18(14-19)10-11-21(26)27/h2-9,14H,10-13,15H2,1H3,(H,22,25)(H,26,27). The van der Waals surface area contributed by atoms with Gasteiger partial charge in [0.2, 0.25) is 11.8 Å². The van der Waals surface area contributed by atoms with Crippen LogP contribution in [-0.2, 0) is 27.2 Å². The predicted molar refractivity (Wildman–Crippen MR) is 103 cm³/mol. The molecule has 27 heavy (non-hydrogen) atoms. The van der Waals surface area contributed by atoms with Crippen molar-refractivity contribution in [3.05, 3.63) is 65.7 Å². The van der Waals surface area contributed by atoms with Gasteiger partial charge < -0.3 is 15.3 Å². The number of hydrogen-bond acceptors (Lipinski definition) is 3. The number of amides is 2. The molecule has 0 aliphatic rings. The highest BCUT2D eigenvalue weighted by molar-refractivity contribution is 5.94. The fraction of sp³-hybridized carbons (Fsp3) is 0.286. The summed E-state index contributed by atoms with van der Waals surface area (Å²) in [5.74, 6) is -1.30. The Balaban J connectivity index is 1.90. The Labute approximate surface area is 158 Å². The Hall–Kier alpha value is -3.15. The van der Waals surface area contributed by atoms with E-state index < -0.39 is 5.97 Å². The first-order valence-electron chi connectivity index (χ1n) is 8.84. The van der Waals surface area contributed by atoms with E-state index in [2.05, 4.69) is 5.32 Å². The van der Waals surface area contributed by atoms with Gasteiger partial charge in [-0.05, 0) is 36.1 Å². The maximum Gasteiger partial charge on any atom is 0.303 e. The van der Waals surface area contributed by atoms with E-state index in [1.165, 1.54) is 11.8 Å². The summed E-state index contributed by atoms with van der Waals surface area (Å²) < 4.78 is 0. The summed E-state index contributed by atoms with van der Waals surface area (Å²) in [7, 11) is 0. The molecule has 142 valence electrons. The smallest absolute Gasteiger partial charge is 0.303 e. The van der Waals surface area contributed by atoms with Crippen molar-refractivity contribution in [3.8, 4) is 0 Å². The Bertz CT molecular complexity index is 790. The van der Waals surface area contributed by atoms with Gasteiger partial charge in [-0.2, -0.15) is 0 Å². The van der Waals surface area contributed by atoms with Crippen LogP contribution in [-0.4, -0.2) is 40.9 Å². The maximum atomic E-state index is 12.3. The zero-order valence-electron chi connectivity index (χ0n) is 15.4. The number of carbonyl (C=O) groups excluding carboxylic acids is 2. The zero-order chi connectivity index (χ0) is 19.6. The van der Waals surface area contributed by atoms with Crippen LogP contribution in [0.5, 0.6) is 0 Å². The quantitative estimate of drug-likeness (QED) is 0.712. The third-order valence-corrected chi connectivity index (χ3v) is 4.13. The molecule has 0 aliphatic heterocycles. The van der Waals surface area contributed by atoms with Crippen molar-refractivity contribution in [2.24, 2.45) is 0 Å². The number of anilines is 1. The van der Waals surface area contributed by atoms with Gasteiger partial charge in [-0.25, -0.2) is 0 Å². The first-order valence-corrected chi connectivity index (χ1v) is 8.84. The van der Waals surface area contributed by atoms with Crippen molar-refractivity contribution in [2.45, 2.75) is 26.2 Å². The highest BCUT2D eigenvalue weighted by atomic mass is 16.4. The molecule has 6 heteroatoms. The van der Waals surface area contributed by atoms with Gasteiger partial charge in [0.05, 0.1) is 6.54 Å². The van der Waals surface area contributed by atoms with Crippen LogP contribution < -0.4 is 5.32 Å². The number of carbonyl (C=O) groups is 3. The molecule has 0 spiro atoms. The Morgan fingerprint density at radius 2 is 1.67 bits per heavy atom. The van der Waals surface area contributed by atoms with Crippen molar-refractivity contribution in [1.29, 1.82) is 0 Å². The fourth-order valence-electron chi connectivity index (χ4n) is 2.69. The molecule has 2 N–H and O–H groups in total. The molecule has 0 aromatic heterocycles. The van der Waals surface area contributed by atoms with E-state index in [1.807, 2.05) is 36.4 Å². The van der Waals surface area contributed by atoms with E-state index >= 15 is 0 Å². The molecule has 2 amide bonds. The van der Waals surface area contributed by atoms with Gasteiger partial charge in [-0.15, -0.1) is 0 Å². The minimum atomic E-state index is -0.861. The van der Waals surface area contributed by atoms with Crippen molar-refractivity contribution in [2.75, 3.05) is 18.4 Å². The lowest BCUT2D eigenvalue weighted by atomic mass is 10.1. The minimum Gasteiger partial charge on any atom is -0.481 e. The van der Waals surface area contributed by atoms with Gasteiger partial charge in [0, 0.05) is 25.6 Å². The maximum absolute atomic E-state index is 12.3. The van der Waals surface area contributed by atoms with Crippen molar-refractivity contribution in [1.82, 2.24) is 4.90 Å². The average molecular weight is 368 g/mol. The van der Waals surface area contributed by atoms with Gasteiger partial charge in [0.1, 0.15) is 0 Å². The molecular weight excluding hydrogens is 344 g/mol. The summed E-state index contributed by atoms with van der Waals surface area (Å²) in [5, 5.41) is 11.5. The molecule has 0 fully saturated rings. The molecule has 6 nitrogen and oxygen atoms in total. The normalized spacial score (nSPS) is 10.3. The van der Waals surface area contributed by atoms with Crippen molar-refractivity contribution in [3.63, 3.8) is 0 Å². The van der Waals surface area contributed by atoms with Crippen LogP contribution in [0.2, 0.25) is 0 Å². The van der Waals surface area contributed by atoms with Crippen molar-refractivity contribution < 1.29 is 19.5 Å². The van der Waals surface area contributed by atoms with Crippen LogP contribution >= 0.6 is 0 Å². The zero-order valence-corrected chi connectivity index (χ0v) is 15.4. The van der Waals surface area contributed by atoms with Gasteiger partial charge >= 0.3 is 5.97 Å². The number of benzene rings is 2. The van der Waals surface area contributed by atoms with Crippen LogP contribution in [0.3, 0.4) is 0 Å². The minimum absolute atomic E-state index is 0.0263. The number of carboxylic acid groups (broad SMARTS) is 1. The Morgan fingerprint density at radius 1 is 0.963 bits per heavy atom. The lowest BCUT2D eigenvalue weighted by Gasteiger charge is -2.20. The second-order valence-corrected chi connectivity index (χ2v) is 6.32. The molecule has 0 heterocycles. The van der Waals surface area contributed by atoms with E-state index in [-0.39, 0.29) is 24.8 Å². The van der Waals surface area contributed by atoms with Gasteiger partial charge in [-0.1, -0.05) is 42.5 Å². The lowest BCUT2D eigenvalue weighted by Crippen LogP contribution is -2.38. The largest absolute Gasteiger partial charge is 0.481 e. The molecule has 0 atom stereocenters. The third kappa shape index (κ3) is 7.32. The summed E-state index contributed by atoms with van der Waals surface area (Å²) in [6.07, 6.45) is 1.11. The molecule has 0 radical (unpaired) electrons. The number of nitrogens with zero attached hydrogens (tertiary/aromatic N) is 1. The molecule has 2 aromatic rings. The molecule has 2 aromatic carbocycles. The molecule has 0 aliphatic carbocycles. The van der Waals surface area contributed by atoms with Gasteiger partial charge in [0.15, 0.2) is 0 Å². The third-order valence-electron chi connectivity index (χ3n) is 4.13. The summed E-state index contributed by atoms with van der Waals surface area (Å²) in [5.41, 5.74) is 2.53. The molecule has 2 rings (SSSR count). The Kier molecular flexibility index (Phi) is 7.55. The highest BCUT2D eigenvalue weighted by Gasteiger charge is 2.14. The lowest BCUT2D eigenvalue weighted by molar-refractivity contribution is -0.137. The van der Waals surface area contributed by atoms with E-state index in [9.17, 15) is 14.4 Å². The number of aliphatic carboxylic acids is 1. The number of hydrogen-bond donors (Lipinski definition) is 2. The van der Waals surface area contributed by atoms with Crippen LogP contribution in [0.15, 0.2) is 54.6 Å². The first-order chi connectivity index (χ1) is 12.9. The number of nitrogens with one attached hydrogen (secondary N) is 1. The van der Waals surface area contributed by atoms with Crippen LogP contribution in [0.1, 0.15) is 24.5 Å². The second kappa shape index (κ2) is 10.1. The number of carboxylic acids is 1. The molecule has 0 bridgehead atoms. The second-order valence-electron chi connectivity index (χ2n) is 6.32. The summed E-state index contributed by atoms with van der Waals surface area (Å²) in [6, 6.07) is 16.9. The highest BCUT2D eigenvalue weighted by Crippen LogP contribution is 2.12. The van der Waals surface area contributed by atoms with E-state index in [0.717, 1.165) is 11.1 Å². The summed E-state index contributed by atoms with van der Waals surface area (Å²) in [4.78, 5) is 36.4. The number of aryl methyl sites for hydroxylation is 1. The molecule has 0 saturated carbocycles. The average Bonchev–Trinajstić information content (AvgIpc) is 2.64. The van der Waals surface area contributed by atoms with E-state index in [1.54, 1.807) is 18.2 Å². The SMILES string of the molecule is CC(=O)N(CCc1ccccc1)CC(=O)Nc1cccc(CCC(=O)O)c1. The monoisotopic (exact) mass is 368 g/mol. The molecular formula is C21H24N2O4. The first kappa shape index (κ1) is 20.2. The van der Waals surface area contributed by atoms with Crippen molar-refractivity contribution >= 4 is 23.5 Å². The number of rotatable bonds is 9. The summed E-state index contributed by atoms with van der Waals surface area (Å²) >= 11 is 0. The summed E-state index contributed by atoms with van der Waals surface area (Å²) in [6.45, 7) is 1.89.